The second-order valence-electron chi connectivity index (χ2n) is 6.58. The number of carbonyl (C=O) groups is 2. The SMILES string of the molecule is CC1(C(=O)C(Cc2ccccc2)NC(=O)CN)CO1.CC1CC1. The maximum atomic E-state index is 12.3. The number of hydrogen-bond acceptors (Lipinski definition) is 4. The molecule has 1 saturated heterocycles. The van der Waals surface area contributed by atoms with E-state index in [0.29, 0.717) is 13.0 Å². The molecule has 5 nitrogen and oxygen atoms in total. The van der Waals surface area contributed by atoms with E-state index in [-0.39, 0.29) is 18.2 Å². The summed E-state index contributed by atoms with van der Waals surface area (Å²) in [5.74, 6) is 0.650. The number of rotatable bonds is 6. The van der Waals surface area contributed by atoms with Crippen molar-refractivity contribution in [2.24, 2.45) is 11.7 Å². The van der Waals surface area contributed by atoms with Gasteiger partial charge in [0.2, 0.25) is 5.91 Å². The molecule has 0 bridgehead atoms. The highest BCUT2D eigenvalue weighted by Gasteiger charge is 2.49. The Hall–Kier alpha value is -1.72. The summed E-state index contributed by atoms with van der Waals surface area (Å²) >= 11 is 0. The number of hydrogen-bond donors (Lipinski definition) is 2. The summed E-state index contributed by atoms with van der Waals surface area (Å²) in [4.78, 5) is 23.7. The lowest BCUT2D eigenvalue weighted by Gasteiger charge is -2.19. The number of epoxide rings is 1. The smallest absolute Gasteiger partial charge is 0.234 e. The Labute approximate surface area is 137 Å². The fourth-order valence-corrected chi connectivity index (χ4v) is 2.10. The first-order valence-electron chi connectivity index (χ1n) is 8.16. The van der Waals surface area contributed by atoms with Crippen LogP contribution in [0.3, 0.4) is 0 Å². The van der Waals surface area contributed by atoms with E-state index in [0.717, 1.165) is 11.5 Å². The van der Waals surface area contributed by atoms with Crippen LogP contribution in [-0.2, 0) is 20.7 Å². The zero-order chi connectivity index (χ0) is 16.9. The maximum Gasteiger partial charge on any atom is 0.234 e. The van der Waals surface area contributed by atoms with Gasteiger partial charge in [-0.1, -0.05) is 50.1 Å². The minimum absolute atomic E-state index is 0.0989. The molecule has 3 N–H and O–H groups in total. The van der Waals surface area contributed by atoms with E-state index >= 15 is 0 Å². The van der Waals surface area contributed by atoms with E-state index in [1.807, 2.05) is 30.3 Å². The van der Waals surface area contributed by atoms with Crippen LogP contribution in [0.4, 0.5) is 0 Å². The number of amides is 1. The molecule has 0 aromatic heterocycles. The van der Waals surface area contributed by atoms with Crippen LogP contribution < -0.4 is 11.1 Å². The van der Waals surface area contributed by atoms with Gasteiger partial charge >= 0.3 is 0 Å². The van der Waals surface area contributed by atoms with Crippen molar-refractivity contribution in [2.45, 2.75) is 44.8 Å². The summed E-state index contributed by atoms with van der Waals surface area (Å²) in [7, 11) is 0. The Morgan fingerprint density at radius 3 is 2.35 bits per heavy atom. The molecule has 1 aliphatic carbocycles. The van der Waals surface area contributed by atoms with Crippen LogP contribution in [0, 0.1) is 5.92 Å². The van der Waals surface area contributed by atoms with Gasteiger partial charge in [-0.3, -0.25) is 9.59 Å². The molecular weight excluding hydrogens is 292 g/mol. The fourth-order valence-electron chi connectivity index (χ4n) is 2.10. The largest absolute Gasteiger partial charge is 0.361 e. The molecule has 1 saturated carbocycles. The Morgan fingerprint density at radius 1 is 1.35 bits per heavy atom. The number of benzene rings is 1. The highest BCUT2D eigenvalue weighted by Crippen LogP contribution is 2.29. The first kappa shape index (κ1) is 17.6. The molecule has 2 unspecified atom stereocenters. The Bertz CT molecular complexity index is 536. The molecule has 2 fully saturated rings. The highest BCUT2D eigenvalue weighted by molar-refractivity contribution is 5.96. The molecule has 1 aliphatic heterocycles. The minimum atomic E-state index is -0.749. The van der Waals surface area contributed by atoms with Crippen LogP contribution >= 0.6 is 0 Å². The lowest BCUT2D eigenvalue weighted by atomic mass is 9.95. The van der Waals surface area contributed by atoms with Crippen molar-refractivity contribution in [3.63, 3.8) is 0 Å². The van der Waals surface area contributed by atoms with Crippen molar-refractivity contribution < 1.29 is 14.3 Å². The van der Waals surface area contributed by atoms with Crippen LogP contribution in [0.2, 0.25) is 0 Å². The number of nitrogens with two attached hydrogens (primary N) is 1. The zero-order valence-corrected chi connectivity index (χ0v) is 13.9. The van der Waals surface area contributed by atoms with Crippen LogP contribution in [0.1, 0.15) is 32.3 Å². The van der Waals surface area contributed by atoms with E-state index in [2.05, 4.69) is 12.2 Å². The molecule has 1 aromatic rings. The number of ether oxygens (including phenoxy) is 1. The molecule has 2 atom stereocenters. The van der Waals surface area contributed by atoms with Crippen molar-refractivity contribution in [1.29, 1.82) is 0 Å². The standard InChI is InChI=1S/C14H18N2O3.C4H8/c1-14(9-19-14)13(18)11(16-12(17)8-15)7-10-5-3-2-4-6-10;1-4-2-3-4/h2-6,11H,7-9,15H2,1H3,(H,16,17);4H,2-3H2,1H3. The third-order valence-electron chi connectivity index (χ3n) is 4.08. The average Bonchev–Trinajstić information content (AvgIpc) is 3.48. The summed E-state index contributed by atoms with van der Waals surface area (Å²) in [5, 5.41) is 2.67. The first-order chi connectivity index (χ1) is 10.9. The van der Waals surface area contributed by atoms with Crippen molar-refractivity contribution in [3.05, 3.63) is 35.9 Å². The van der Waals surface area contributed by atoms with Gasteiger partial charge in [0.25, 0.3) is 0 Å². The van der Waals surface area contributed by atoms with Gasteiger partial charge in [0.05, 0.1) is 19.2 Å². The van der Waals surface area contributed by atoms with E-state index < -0.39 is 11.6 Å². The number of nitrogens with one attached hydrogen (secondary N) is 1. The summed E-state index contributed by atoms with van der Waals surface area (Å²) in [6.07, 6.45) is 3.42. The van der Waals surface area contributed by atoms with Gasteiger partial charge < -0.3 is 15.8 Å². The van der Waals surface area contributed by atoms with E-state index in [1.54, 1.807) is 6.92 Å². The van der Waals surface area contributed by atoms with Crippen molar-refractivity contribution >= 4 is 11.7 Å². The summed E-state index contributed by atoms with van der Waals surface area (Å²) in [6, 6.07) is 8.96. The van der Waals surface area contributed by atoms with Crippen molar-refractivity contribution in [2.75, 3.05) is 13.2 Å². The van der Waals surface area contributed by atoms with Crippen LogP contribution in [-0.4, -0.2) is 36.5 Å². The Kier molecular flexibility index (Phi) is 5.91. The lowest BCUT2D eigenvalue weighted by Crippen LogP contribution is -2.49. The number of Topliss-reactive ketones (excluding diaryl/α,β-unsaturated/α-hetero) is 1. The first-order valence-corrected chi connectivity index (χ1v) is 8.16. The predicted molar refractivity (Wildman–Crippen MR) is 88.9 cm³/mol. The van der Waals surface area contributed by atoms with Crippen molar-refractivity contribution in [3.8, 4) is 0 Å². The van der Waals surface area contributed by atoms with Gasteiger partial charge in [-0.05, 0) is 24.8 Å². The molecule has 0 radical (unpaired) electrons. The zero-order valence-electron chi connectivity index (χ0n) is 13.9. The monoisotopic (exact) mass is 318 g/mol. The van der Waals surface area contributed by atoms with Crippen LogP contribution in [0.15, 0.2) is 30.3 Å². The summed E-state index contributed by atoms with van der Waals surface area (Å²) in [6.45, 7) is 4.30. The predicted octanol–water partition coefficient (Wildman–Crippen LogP) is 1.45. The van der Waals surface area contributed by atoms with Gasteiger partial charge in [-0.15, -0.1) is 0 Å². The van der Waals surface area contributed by atoms with Gasteiger partial charge in [-0.2, -0.15) is 0 Å². The topological polar surface area (TPSA) is 84.7 Å². The quantitative estimate of drug-likeness (QED) is 0.778. The molecule has 2 aliphatic rings. The number of ketones is 1. The third-order valence-corrected chi connectivity index (χ3v) is 4.08. The molecule has 0 spiro atoms. The summed E-state index contributed by atoms with van der Waals surface area (Å²) < 4.78 is 5.16. The van der Waals surface area contributed by atoms with Crippen LogP contribution in [0.25, 0.3) is 0 Å². The molecule has 5 heteroatoms. The van der Waals surface area contributed by atoms with Gasteiger partial charge in [0.1, 0.15) is 5.60 Å². The molecule has 3 rings (SSSR count). The maximum absolute atomic E-state index is 12.3. The fraction of sp³-hybridized carbons (Fsp3) is 0.556. The Balaban J connectivity index is 0.000000417. The van der Waals surface area contributed by atoms with E-state index in [1.165, 1.54) is 12.8 Å². The number of carbonyl (C=O) groups excluding carboxylic acids is 2. The molecule has 1 heterocycles. The average molecular weight is 318 g/mol. The lowest BCUT2D eigenvalue weighted by molar-refractivity contribution is -0.129. The van der Waals surface area contributed by atoms with E-state index in [9.17, 15) is 9.59 Å². The second-order valence-corrected chi connectivity index (χ2v) is 6.58. The second kappa shape index (κ2) is 7.70. The van der Waals surface area contributed by atoms with Gasteiger partial charge in [0.15, 0.2) is 5.78 Å². The molecule has 1 aromatic carbocycles. The highest BCUT2D eigenvalue weighted by atomic mass is 16.6. The molecule has 23 heavy (non-hydrogen) atoms. The molecule has 1 amide bonds. The molecule has 126 valence electrons. The third kappa shape index (κ3) is 5.77. The van der Waals surface area contributed by atoms with Gasteiger partial charge in [0, 0.05) is 0 Å². The van der Waals surface area contributed by atoms with E-state index in [4.69, 9.17) is 10.5 Å². The normalized spacial score (nSPS) is 23.3. The van der Waals surface area contributed by atoms with Crippen LogP contribution in [0.5, 0.6) is 0 Å². The van der Waals surface area contributed by atoms with Gasteiger partial charge in [-0.25, -0.2) is 0 Å². The summed E-state index contributed by atoms with van der Waals surface area (Å²) in [5.41, 5.74) is 5.52. The van der Waals surface area contributed by atoms with Crippen molar-refractivity contribution in [1.82, 2.24) is 5.32 Å². The minimum Gasteiger partial charge on any atom is -0.361 e. The Morgan fingerprint density at radius 2 is 1.91 bits per heavy atom. The molecular formula is C18H26N2O3.